The third-order valence-corrected chi connectivity index (χ3v) is 5.22. The van der Waals surface area contributed by atoms with Gasteiger partial charge < -0.3 is 9.83 Å². The first-order valence-corrected chi connectivity index (χ1v) is 8.21. The van der Waals surface area contributed by atoms with E-state index in [2.05, 4.69) is 4.72 Å². The smallest absolute Gasteiger partial charge is 0.376 e. The molecule has 1 aliphatic rings. The van der Waals surface area contributed by atoms with Crippen LogP contribution in [0, 0.1) is 17.5 Å². The number of hydrogen-bond donors (Lipinski definition) is 2. The summed E-state index contributed by atoms with van der Waals surface area (Å²) in [5, 5.41) is 9.56. The lowest BCUT2D eigenvalue weighted by atomic mass is 9.84. The molecule has 0 radical (unpaired) electrons. The average Bonchev–Trinajstić information content (AvgIpc) is 2.73. The van der Waals surface area contributed by atoms with Crippen molar-refractivity contribution in [3.63, 3.8) is 0 Å². The maximum absolute atomic E-state index is 13.6. The Morgan fingerprint density at radius 1 is 1.27 bits per heavy atom. The zero-order chi connectivity index (χ0) is 16.7. The van der Waals surface area contributed by atoms with E-state index in [1.807, 2.05) is 6.92 Å². The zero-order valence-corrected chi connectivity index (χ0v) is 12.9. The van der Waals surface area contributed by atoms with E-state index in [-0.39, 0.29) is 18.7 Å². The van der Waals surface area contributed by atoms with Crippen molar-refractivity contribution in [1.29, 1.82) is 0 Å². The summed E-state index contributed by atoms with van der Waals surface area (Å²) in [5.41, 5.74) is 0. The molecule has 2 N–H and O–H groups in total. The molecule has 0 amide bonds. The van der Waals surface area contributed by atoms with Crippen LogP contribution in [0.25, 0.3) is 0 Å². The minimum Gasteiger partial charge on any atom is -0.437 e. The van der Waals surface area contributed by atoms with Crippen molar-refractivity contribution < 1.29 is 26.6 Å². The molecule has 10 heteroatoms. The standard InChI is InChI=1S/C12H16BF3N2O3S/c1-7-3-8(6-18(7)13(2)19)17-22(20,21)12-5-10(15)9(14)4-11(12)16/h4-5,7-8,17,19H,3,6H2,1-2H3/t7-,8+/m0/s1. The molecule has 1 saturated heterocycles. The van der Waals surface area contributed by atoms with E-state index >= 15 is 0 Å². The van der Waals surface area contributed by atoms with E-state index in [9.17, 15) is 26.6 Å². The molecule has 1 aliphatic heterocycles. The van der Waals surface area contributed by atoms with Crippen LogP contribution >= 0.6 is 0 Å². The summed E-state index contributed by atoms with van der Waals surface area (Å²) in [7, 11) is -5.07. The van der Waals surface area contributed by atoms with E-state index < -0.39 is 45.5 Å². The van der Waals surface area contributed by atoms with Crippen LogP contribution in [-0.2, 0) is 10.0 Å². The number of nitrogens with one attached hydrogen (secondary N) is 1. The monoisotopic (exact) mass is 336 g/mol. The van der Waals surface area contributed by atoms with Gasteiger partial charge in [-0.15, -0.1) is 0 Å². The first-order valence-electron chi connectivity index (χ1n) is 6.72. The van der Waals surface area contributed by atoms with E-state index in [4.69, 9.17) is 0 Å². The van der Waals surface area contributed by atoms with E-state index in [1.54, 1.807) is 11.6 Å². The van der Waals surface area contributed by atoms with Crippen molar-refractivity contribution in [1.82, 2.24) is 9.53 Å². The van der Waals surface area contributed by atoms with Crippen LogP contribution in [0.1, 0.15) is 13.3 Å². The fourth-order valence-corrected chi connectivity index (χ4v) is 3.97. The van der Waals surface area contributed by atoms with Crippen molar-refractivity contribution >= 4 is 17.1 Å². The average molecular weight is 336 g/mol. The van der Waals surface area contributed by atoms with Gasteiger partial charge >= 0.3 is 7.05 Å². The van der Waals surface area contributed by atoms with Crippen molar-refractivity contribution in [2.75, 3.05) is 6.54 Å². The van der Waals surface area contributed by atoms with Gasteiger partial charge in [0.2, 0.25) is 10.0 Å². The van der Waals surface area contributed by atoms with Gasteiger partial charge in [0.1, 0.15) is 10.7 Å². The van der Waals surface area contributed by atoms with Gasteiger partial charge in [-0.25, -0.2) is 26.3 Å². The quantitative estimate of drug-likeness (QED) is 0.635. The summed E-state index contributed by atoms with van der Waals surface area (Å²) >= 11 is 0. The second-order valence-electron chi connectivity index (χ2n) is 5.43. The summed E-state index contributed by atoms with van der Waals surface area (Å²) in [4.78, 5) is 0.740. The van der Waals surface area contributed by atoms with Crippen molar-refractivity contribution in [2.45, 2.75) is 37.1 Å². The Bertz CT molecular complexity index is 672. The van der Waals surface area contributed by atoms with Gasteiger partial charge in [0.05, 0.1) is 0 Å². The van der Waals surface area contributed by atoms with Crippen LogP contribution in [0.15, 0.2) is 17.0 Å². The summed E-state index contributed by atoms with van der Waals surface area (Å²) in [6.45, 7) is 3.62. The third-order valence-electron chi connectivity index (χ3n) is 3.69. The highest BCUT2D eigenvalue weighted by Gasteiger charge is 2.36. The lowest BCUT2D eigenvalue weighted by molar-refractivity contribution is 0.360. The normalized spacial score (nSPS) is 23.0. The van der Waals surface area contributed by atoms with Crippen LogP contribution in [-0.4, -0.2) is 43.9 Å². The lowest BCUT2D eigenvalue weighted by Gasteiger charge is -2.21. The molecular weight excluding hydrogens is 320 g/mol. The van der Waals surface area contributed by atoms with Crippen LogP contribution in [0.2, 0.25) is 6.82 Å². The van der Waals surface area contributed by atoms with Crippen LogP contribution < -0.4 is 4.72 Å². The molecule has 5 nitrogen and oxygen atoms in total. The summed E-state index contributed by atoms with van der Waals surface area (Å²) in [6, 6.07) is -0.106. The van der Waals surface area contributed by atoms with Crippen LogP contribution in [0.3, 0.4) is 0 Å². The van der Waals surface area contributed by atoms with Gasteiger partial charge in [-0.2, -0.15) is 0 Å². The zero-order valence-electron chi connectivity index (χ0n) is 12.1. The largest absolute Gasteiger partial charge is 0.437 e. The maximum atomic E-state index is 13.6. The molecule has 1 aromatic rings. The second-order valence-corrected chi connectivity index (χ2v) is 7.11. The highest BCUT2D eigenvalue weighted by molar-refractivity contribution is 7.89. The minimum absolute atomic E-state index is 0.0671. The molecule has 0 spiro atoms. The molecule has 0 saturated carbocycles. The molecule has 0 aromatic heterocycles. The van der Waals surface area contributed by atoms with Crippen molar-refractivity contribution in [3.8, 4) is 0 Å². The second kappa shape index (κ2) is 6.19. The minimum atomic E-state index is -4.33. The van der Waals surface area contributed by atoms with Gasteiger partial charge in [0, 0.05) is 18.7 Å². The lowest BCUT2D eigenvalue weighted by Crippen LogP contribution is -2.42. The van der Waals surface area contributed by atoms with Crippen LogP contribution in [0.5, 0.6) is 0 Å². The number of rotatable bonds is 4. The number of nitrogens with zero attached hydrogens (tertiary/aromatic N) is 1. The van der Waals surface area contributed by atoms with Crippen molar-refractivity contribution in [2.24, 2.45) is 0 Å². The molecule has 0 unspecified atom stereocenters. The van der Waals surface area contributed by atoms with E-state index in [0.717, 1.165) is 0 Å². The maximum Gasteiger partial charge on any atom is 0.376 e. The highest BCUT2D eigenvalue weighted by Crippen LogP contribution is 2.22. The Kier molecular flexibility index (Phi) is 4.86. The summed E-state index contributed by atoms with van der Waals surface area (Å²) in [6.07, 6.45) is 0.412. The van der Waals surface area contributed by atoms with Crippen LogP contribution in [0.4, 0.5) is 13.2 Å². The molecule has 2 atom stereocenters. The number of halogens is 3. The molecule has 122 valence electrons. The Morgan fingerprint density at radius 3 is 2.41 bits per heavy atom. The van der Waals surface area contributed by atoms with Gasteiger partial charge in [-0.1, -0.05) is 6.92 Å². The Balaban J connectivity index is 2.21. The van der Waals surface area contributed by atoms with Gasteiger partial charge in [0.15, 0.2) is 11.6 Å². The number of hydrogen-bond acceptors (Lipinski definition) is 4. The predicted octanol–water partition coefficient (Wildman–Crippen LogP) is 0.955. The number of benzene rings is 1. The predicted molar refractivity (Wildman–Crippen MR) is 75.0 cm³/mol. The molecule has 1 heterocycles. The molecule has 1 aromatic carbocycles. The Hall–Kier alpha value is -1.10. The molecule has 0 aliphatic carbocycles. The molecule has 22 heavy (non-hydrogen) atoms. The van der Waals surface area contributed by atoms with Gasteiger partial charge in [0.25, 0.3) is 0 Å². The summed E-state index contributed by atoms with van der Waals surface area (Å²) in [5.74, 6) is -4.25. The first-order chi connectivity index (χ1) is 10.1. The molecule has 0 bridgehead atoms. The highest BCUT2D eigenvalue weighted by atomic mass is 32.2. The Morgan fingerprint density at radius 2 is 1.86 bits per heavy atom. The van der Waals surface area contributed by atoms with E-state index in [0.29, 0.717) is 12.5 Å². The SMILES string of the molecule is CB(O)N1C[C@H](NS(=O)(=O)c2cc(F)c(F)cc2F)C[C@@H]1C. The molecular formula is C12H16BF3N2O3S. The van der Waals surface area contributed by atoms with Gasteiger partial charge in [-0.05, 0) is 25.4 Å². The molecule has 1 fully saturated rings. The fourth-order valence-electron chi connectivity index (χ4n) is 2.66. The topological polar surface area (TPSA) is 69.6 Å². The first kappa shape index (κ1) is 17.3. The third kappa shape index (κ3) is 3.45. The fraction of sp³-hybridized carbons (Fsp3) is 0.500. The van der Waals surface area contributed by atoms with E-state index in [1.165, 1.54) is 0 Å². The Labute approximate surface area is 127 Å². The van der Waals surface area contributed by atoms with Gasteiger partial charge in [-0.3, -0.25) is 0 Å². The van der Waals surface area contributed by atoms with Crippen molar-refractivity contribution in [3.05, 3.63) is 29.6 Å². The summed E-state index contributed by atoms with van der Waals surface area (Å²) < 4.78 is 66.2. The molecule has 2 rings (SSSR count). The number of sulfonamides is 1.